The molecule has 2 aromatic heterocycles. The third-order valence-corrected chi connectivity index (χ3v) is 10.8. The minimum Gasteiger partial charge on any atom is -0.308 e. The quantitative estimate of drug-likeness (QED) is 0.156. The maximum absolute atomic E-state index is 15.2. The summed E-state index contributed by atoms with van der Waals surface area (Å²) in [7, 11) is 0. The van der Waals surface area contributed by atoms with Gasteiger partial charge < -0.3 is 4.57 Å². The van der Waals surface area contributed by atoms with Crippen molar-refractivity contribution in [3.63, 3.8) is 0 Å². The van der Waals surface area contributed by atoms with Crippen LogP contribution in [0.15, 0.2) is 158 Å². The van der Waals surface area contributed by atoms with Gasteiger partial charge in [0.15, 0.2) is 17.5 Å². The Hall–Kier alpha value is -7.49. The summed E-state index contributed by atoms with van der Waals surface area (Å²) in [5.74, 6) is 0.000271. The van der Waals surface area contributed by atoms with Gasteiger partial charge in [0, 0.05) is 38.6 Å². The first kappa shape index (κ1) is 42.8. The number of alkyl halides is 12. The maximum atomic E-state index is 15.2. The van der Waals surface area contributed by atoms with E-state index in [1.54, 1.807) is 60.7 Å². The van der Waals surface area contributed by atoms with Crippen LogP contribution in [-0.2, 0) is 24.7 Å². The van der Waals surface area contributed by atoms with E-state index in [0.717, 1.165) is 53.1 Å². The molecule has 326 valence electrons. The second kappa shape index (κ2) is 15.6. The highest BCUT2D eigenvalue weighted by atomic mass is 19.4. The molecule has 0 aliphatic rings. The van der Waals surface area contributed by atoms with Crippen molar-refractivity contribution in [2.24, 2.45) is 0 Å². The molecule has 0 saturated heterocycles. The fraction of sp³-hybridized carbons (Fsp3) is 0.0816. The number of halogens is 12. The van der Waals surface area contributed by atoms with Crippen molar-refractivity contribution in [1.29, 1.82) is 0 Å². The Balaban J connectivity index is 1.50. The predicted octanol–water partition coefficient (Wildman–Crippen LogP) is 15.4. The Kier molecular flexibility index (Phi) is 10.3. The van der Waals surface area contributed by atoms with Crippen LogP contribution in [0.4, 0.5) is 52.7 Å². The SMILES string of the molecule is FC(F)(F)c1ccc2c(c1)c1cc(C(F)(F)F)ccc1n2-c1c(-c2ccccc2C(F)(F)F)cc(-c2nc(-c3ccccc3)nc(-c3ccccc3)n2)cc1-c1ccccc1C(F)(F)F. The fourth-order valence-corrected chi connectivity index (χ4v) is 7.90. The number of nitrogens with zero attached hydrogens (tertiary/aromatic N) is 4. The zero-order valence-corrected chi connectivity index (χ0v) is 32.8. The van der Waals surface area contributed by atoms with Gasteiger partial charge >= 0.3 is 24.7 Å². The van der Waals surface area contributed by atoms with Gasteiger partial charge in [-0.15, -0.1) is 0 Å². The van der Waals surface area contributed by atoms with Crippen molar-refractivity contribution in [2.45, 2.75) is 24.7 Å². The Bertz CT molecular complexity index is 3050. The van der Waals surface area contributed by atoms with Crippen LogP contribution in [-0.4, -0.2) is 19.5 Å². The van der Waals surface area contributed by atoms with Gasteiger partial charge in [-0.3, -0.25) is 0 Å². The highest BCUT2D eigenvalue weighted by molar-refractivity contribution is 6.11. The average molecular weight is 899 g/mol. The number of fused-ring (bicyclic) bond motifs is 3. The average Bonchev–Trinajstić information content (AvgIpc) is 3.60. The van der Waals surface area contributed by atoms with E-state index < -0.39 is 85.7 Å². The van der Waals surface area contributed by atoms with Crippen molar-refractivity contribution in [1.82, 2.24) is 19.5 Å². The zero-order chi connectivity index (χ0) is 46.1. The largest absolute Gasteiger partial charge is 0.417 e. The normalized spacial score (nSPS) is 12.6. The lowest BCUT2D eigenvalue weighted by Crippen LogP contribution is -2.11. The third-order valence-electron chi connectivity index (χ3n) is 10.8. The van der Waals surface area contributed by atoms with Gasteiger partial charge in [-0.25, -0.2) is 15.0 Å². The first-order chi connectivity index (χ1) is 30.8. The number of hydrogen-bond donors (Lipinski definition) is 0. The number of hydrogen-bond acceptors (Lipinski definition) is 3. The second-order valence-corrected chi connectivity index (χ2v) is 14.8. The van der Waals surface area contributed by atoms with Crippen LogP contribution < -0.4 is 0 Å². The lowest BCUT2D eigenvalue weighted by molar-refractivity contribution is -0.138. The van der Waals surface area contributed by atoms with E-state index in [9.17, 15) is 26.3 Å². The van der Waals surface area contributed by atoms with Crippen LogP contribution in [0.5, 0.6) is 0 Å². The number of benzene rings is 7. The molecule has 65 heavy (non-hydrogen) atoms. The first-order valence-corrected chi connectivity index (χ1v) is 19.4. The molecular formula is C49H26F12N4. The maximum Gasteiger partial charge on any atom is 0.417 e. The van der Waals surface area contributed by atoms with Gasteiger partial charge in [-0.2, -0.15) is 52.7 Å². The molecular weight excluding hydrogens is 873 g/mol. The summed E-state index contributed by atoms with van der Waals surface area (Å²) in [5, 5.41) is -0.819. The number of aromatic nitrogens is 4. The molecule has 2 heterocycles. The predicted molar refractivity (Wildman–Crippen MR) is 221 cm³/mol. The summed E-state index contributed by atoms with van der Waals surface area (Å²) < 4.78 is 178. The molecule has 0 saturated carbocycles. The summed E-state index contributed by atoms with van der Waals surface area (Å²) in [5.41, 5.74) is -7.11. The van der Waals surface area contributed by atoms with Gasteiger partial charge in [0.25, 0.3) is 0 Å². The van der Waals surface area contributed by atoms with Gasteiger partial charge in [-0.05, 0) is 71.8 Å². The molecule has 0 bridgehead atoms. The minimum absolute atomic E-state index is 0.0938. The molecule has 0 amide bonds. The lowest BCUT2D eigenvalue weighted by atomic mass is 9.88. The van der Waals surface area contributed by atoms with Crippen LogP contribution in [0.2, 0.25) is 0 Å². The lowest BCUT2D eigenvalue weighted by Gasteiger charge is -2.24. The molecule has 9 rings (SSSR count). The van der Waals surface area contributed by atoms with Crippen molar-refractivity contribution >= 4 is 21.8 Å². The fourth-order valence-electron chi connectivity index (χ4n) is 7.90. The molecule has 0 atom stereocenters. The van der Waals surface area contributed by atoms with Crippen LogP contribution in [0, 0.1) is 0 Å². The standard InChI is InChI=1S/C49H26F12N4/c50-46(51,52)30-19-21-40-34(25-30)35-26-31(47(53,54)55)20-22-41(35)65(40)42-36(32-15-7-9-17-38(32)48(56,57)58)23-29(24-37(42)33-16-8-10-18-39(33)49(59,60)61)45-63-43(27-11-3-1-4-12-27)62-44(64-45)28-13-5-2-6-14-28/h1-26H. The van der Waals surface area contributed by atoms with E-state index in [2.05, 4.69) is 15.0 Å². The van der Waals surface area contributed by atoms with E-state index in [1.807, 2.05) is 0 Å². The molecule has 16 heteroatoms. The molecule has 0 spiro atoms. The van der Waals surface area contributed by atoms with E-state index in [4.69, 9.17) is 0 Å². The van der Waals surface area contributed by atoms with Crippen molar-refractivity contribution in [3.8, 4) is 62.1 Å². The molecule has 0 N–H and O–H groups in total. The van der Waals surface area contributed by atoms with Crippen LogP contribution in [0.1, 0.15) is 22.3 Å². The molecule has 0 aliphatic heterocycles. The molecule has 7 aromatic carbocycles. The second-order valence-electron chi connectivity index (χ2n) is 14.8. The summed E-state index contributed by atoms with van der Waals surface area (Å²) in [6, 6.07) is 32.1. The summed E-state index contributed by atoms with van der Waals surface area (Å²) >= 11 is 0. The Labute approximate surface area is 360 Å². The Morgan fingerprint density at radius 1 is 0.323 bits per heavy atom. The van der Waals surface area contributed by atoms with Crippen LogP contribution >= 0.6 is 0 Å². The summed E-state index contributed by atoms with van der Waals surface area (Å²) in [6.07, 6.45) is -20.2. The third kappa shape index (κ3) is 8.04. The van der Waals surface area contributed by atoms with E-state index in [-0.39, 0.29) is 34.1 Å². The monoisotopic (exact) mass is 898 g/mol. The van der Waals surface area contributed by atoms with E-state index >= 15 is 26.3 Å². The molecule has 0 radical (unpaired) electrons. The molecule has 9 aromatic rings. The van der Waals surface area contributed by atoms with Gasteiger partial charge in [0.1, 0.15) is 0 Å². The summed E-state index contributed by atoms with van der Waals surface area (Å²) in [4.78, 5) is 14.0. The smallest absolute Gasteiger partial charge is 0.308 e. The molecule has 4 nitrogen and oxygen atoms in total. The molecule has 0 unspecified atom stereocenters. The number of rotatable bonds is 6. The van der Waals surface area contributed by atoms with E-state index in [0.29, 0.717) is 35.4 Å². The van der Waals surface area contributed by atoms with Crippen molar-refractivity contribution in [3.05, 3.63) is 180 Å². The zero-order valence-electron chi connectivity index (χ0n) is 32.8. The highest BCUT2D eigenvalue weighted by Crippen LogP contribution is 2.50. The Morgan fingerprint density at radius 3 is 1.05 bits per heavy atom. The van der Waals surface area contributed by atoms with Gasteiger partial charge in [-0.1, -0.05) is 97.1 Å². The first-order valence-electron chi connectivity index (χ1n) is 19.4. The highest BCUT2D eigenvalue weighted by Gasteiger charge is 2.39. The van der Waals surface area contributed by atoms with Crippen molar-refractivity contribution in [2.75, 3.05) is 0 Å². The molecule has 0 fully saturated rings. The van der Waals surface area contributed by atoms with Crippen LogP contribution in [0.25, 0.3) is 83.9 Å². The van der Waals surface area contributed by atoms with Crippen LogP contribution in [0.3, 0.4) is 0 Å². The summed E-state index contributed by atoms with van der Waals surface area (Å²) in [6.45, 7) is 0. The van der Waals surface area contributed by atoms with Gasteiger partial charge in [0.2, 0.25) is 0 Å². The minimum atomic E-state index is -5.09. The van der Waals surface area contributed by atoms with Gasteiger partial charge in [0.05, 0.1) is 39.0 Å². The van der Waals surface area contributed by atoms with E-state index in [1.165, 1.54) is 24.3 Å². The topological polar surface area (TPSA) is 43.6 Å². The van der Waals surface area contributed by atoms with Crippen molar-refractivity contribution < 1.29 is 52.7 Å². The Morgan fingerprint density at radius 2 is 0.677 bits per heavy atom. The molecule has 0 aliphatic carbocycles.